The molecule has 2 rings (SSSR count). The lowest BCUT2D eigenvalue weighted by atomic mass is 10.3. The topological polar surface area (TPSA) is 54.9 Å². The fourth-order valence-corrected chi connectivity index (χ4v) is 1.84. The Morgan fingerprint density at radius 1 is 1.28 bits per heavy atom. The quantitative estimate of drug-likeness (QED) is 0.819. The summed E-state index contributed by atoms with van der Waals surface area (Å²) in [4.78, 5) is 26.0. The van der Waals surface area contributed by atoms with Gasteiger partial charge in [0.05, 0.1) is 16.3 Å². The Morgan fingerprint density at radius 3 is 2.61 bits per heavy atom. The lowest BCUT2D eigenvalue weighted by Gasteiger charge is -2.08. The van der Waals surface area contributed by atoms with E-state index in [2.05, 4.69) is 4.98 Å². The smallest absolute Gasteiger partial charge is 0.297 e. The van der Waals surface area contributed by atoms with Gasteiger partial charge in [0.1, 0.15) is 11.0 Å². The van der Waals surface area contributed by atoms with Crippen LogP contribution in [0.3, 0.4) is 0 Å². The number of aromatic nitrogens is 2. The van der Waals surface area contributed by atoms with Crippen LogP contribution in [0.25, 0.3) is 5.69 Å². The maximum Gasteiger partial charge on any atom is 0.334 e. The van der Waals surface area contributed by atoms with E-state index in [1.165, 1.54) is 13.0 Å². The molecule has 0 aliphatic heterocycles. The van der Waals surface area contributed by atoms with Gasteiger partial charge < -0.3 is 0 Å². The molecular weight excluding hydrogens is 282 g/mol. The van der Waals surface area contributed by atoms with E-state index in [0.717, 1.165) is 16.7 Å². The van der Waals surface area contributed by atoms with Crippen LogP contribution in [0.4, 0.5) is 4.39 Å². The zero-order valence-corrected chi connectivity index (χ0v) is 10.6. The van der Waals surface area contributed by atoms with E-state index in [-0.39, 0.29) is 21.4 Å². The van der Waals surface area contributed by atoms with Crippen molar-refractivity contribution < 1.29 is 4.39 Å². The van der Waals surface area contributed by atoms with Crippen LogP contribution < -0.4 is 11.2 Å². The van der Waals surface area contributed by atoms with Crippen LogP contribution in [-0.2, 0) is 0 Å². The molecule has 0 unspecified atom stereocenters. The number of benzene rings is 1. The fraction of sp³-hybridized carbons (Fsp3) is 0.0909. The summed E-state index contributed by atoms with van der Waals surface area (Å²) in [6, 6.07) is 3.40. The minimum atomic E-state index is -0.775. The molecule has 2 aromatic rings. The van der Waals surface area contributed by atoms with Crippen LogP contribution in [0.15, 0.2) is 27.8 Å². The summed E-state index contributed by atoms with van der Waals surface area (Å²) in [5, 5.41) is 0.0412. The number of hydrogen-bond donors (Lipinski definition) is 1. The summed E-state index contributed by atoms with van der Waals surface area (Å²) < 4.78 is 13.9. The summed E-state index contributed by atoms with van der Waals surface area (Å²) >= 11 is 11.5. The van der Waals surface area contributed by atoms with Crippen LogP contribution in [0.5, 0.6) is 0 Å². The van der Waals surface area contributed by atoms with Gasteiger partial charge in [-0.2, -0.15) is 0 Å². The third-order valence-electron chi connectivity index (χ3n) is 2.42. The summed E-state index contributed by atoms with van der Waals surface area (Å²) in [7, 11) is 0. The molecule has 1 aromatic heterocycles. The molecule has 0 bridgehead atoms. The molecule has 1 aromatic carbocycles. The van der Waals surface area contributed by atoms with Gasteiger partial charge in [-0.1, -0.05) is 23.2 Å². The third kappa shape index (κ3) is 2.07. The van der Waals surface area contributed by atoms with E-state index in [1.54, 1.807) is 0 Å². The van der Waals surface area contributed by atoms with E-state index < -0.39 is 17.1 Å². The maximum absolute atomic E-state index is 13.2. The van der Waals surface area contributed by atoms with Gasteiger partial charge in [0, 0.05) is 0 Å². The maximum atomic E-state index is 13.2. The highest BCUT2D eigenvalue weighted by molar-refractivity contribution is 6.32. The van der Waals surface area contributed by atoms with Crippen molar-refractivity contribution in [1.29, 1.82) is 0 Å². The van der Waals surface area contributed by atoms with Gasteiger partial charge in [-0.05, 0) is 25.1 Å². The van der Waals surface area contributed by atoms with Crippen LogP contribution >= 0.6 is 23.2 Å². The Kier molecular flexibility index (Phi) is 3.28. The van der Waals surface area contributed by atoms with Crippen molar-refractivity contribution in [3.63, 3.8) is 0 Å². The normalized spacial score (nSPS) is 10.7. The average Bonchev–Trinajstić information content (AvgIpc) is 2.31. The van der Waals surface area contributed by atoms with Crippen molar-refractivity contribution in [2.24, 2.45) is 0 Å². The van der Waals surface area contributed by atoms with Gasteiger partial charge in [-0.25, -0.2) is 13.8 Å². The van der Waals surface area contributed by atoms with Gasteiger partial charge in [0.15, 0.2) is 0 Å². The Morgan fingerprint density at radius 2 is 1.94 bits per heavy atom. The number of aromatic amines is 1. The molecule has 0 atom stereocenters. The van der Waals surface area contributed by atoms with E-state index in [9.17, 15) is 14.0 Å². The second kappa shape index (κ2) is 4.59. The first-order chi connectivity index (χ1) is 8.41. The van der Waals surface area contributed by atoms with Crippen LogP contribution in [-0.4, -0.2) is 9.55 Å². The number of halogens is 3. The highest BCUT2D eigenvalue weighted by Gasteiger charge is 2.13. The van der Waals surface area contributed by atoms with Gasteiger partial charge in [0.25, 0.3) is 5.56 Å². The lowest BCUT2D eigenvalue weighted by molar-refractivity contribution is 0.625. The molecule has 7 heteroatoms. The second-order valence-electron chi connectivity index (χ2n) is 3.61. The van der Waals surface area contributed by atoms with Crippen molar-refractivity contribution in [2.75, 3.05) is 0 Å². The van der Waals surface area contributed by atoms with E-state index in [1.807, 2.05) is 0 Å². The second-order valence-corrected chi connectivity index (χ2v) is 4.39. The molecule has 0 radical (unpaired) electrons. The summed E-state index contributed by atoms with van der Waals surface area (Å²) in [6.45, 7) is 1.45. The highest BCUT2D eigenvalue weighted by atomic mass is 35.5. The van der Waals surface area contributed by atoms with Crippen LogP contribution in [0, 0.1) is 12.7 Å². The van der Waals surface area contributed by atoms with Crippen molar-refractivity contribution in [3.8, 4) is 5.69 Å². The highest BCUT2D eigenvalue weighted by Crippen LogP contribution is 2.19. The molecule has 1 heterocycles. The molecule has 1 N–H and O–H groups in total. The lowest BCUT2D eigenvalue weighted by Crippen LogP contribution is -2.35. The number of hydrogen-bond acceptors (Lipinski definition) is 2. The zero-order valence-electron chi connectivity index (χ0n) is 9.13. The Hall–Kier alpha value is -1.59. The van der Waals surface area contributed by atoms with Crippen LogP contribution in [0.2, 0.25) is 10.2 Å². The monoisotopic (exact) mass is 288 g/mol. The average molecular weight is 289 g/mol. The Labute approximate surface area is 111 Å². The number of nitrogens with zero attached hydrogens (tertiary/aromatic N) is 1. The Balaban J connectivity index is 2.88. The van der Waals surface area contributed by atoms with Crippen molar-refractivity contribution in [1.82, 2.24) is 9.55 Å². The predicted molar refractivity (Wildman–Crippen MR) is 67.4 cm³/mol. The molecule has 4 nitrogen and oxygen atoms in total. The van der Waals surface area contributed by atoms with E-state index in [4.69, 9.17) is 23.2 Å². The number of H-pyrrole nitrogens is 1. The number of nitrogens with one attached hydrogen (secondary N) is 1. The summed E-state index contributed by atoms with van der Waals surface area (Å²) in [5.74, 6) is -0.603. The van der Waals surface area contributed by atoms with Gasteiger partial charge in [0.2, 0.25) is 0 Å². The zero-order chi connectivity index (χ0) is 13.4. The molecule has 0 aliphatic rings. The van der Waals surface area contributed by atoms with Gasteiger partial charge in [-0.3, -0.25) is 9.78 Å². The minimum Gasteiger partial charge on any atom is -0.297 e. The van der Waals surface area contributed by atoms with Crippen molar-refractivity contribution >= 4 is 23.2 Å². The van der Waals surface area contributed by atoms with E-state index >= 15 is 0 Å². The largest absolute Gasteiger partial charge is 0.334 e. The predicted octanol–water partition coefficient (Wildman–Crippen LogP) is 2.28. The third-order valence-corrected chi connectivity index (χ3v) is 3.12. The summed E-state index contributed by atoms with van der Waals surface area (Å²) in [5.41, 5.74) is -1.29. The fourth-order valence-electron chi connectivity index (χ4n) is 1.47. The minimum absolute atomic E-state index is 0.0253. The Bertz CT molecular complexity index is 737. The molecular formula is C11H7Cl2FN2O2. The first-order valence-electron chi connectivity index (χ1n) is 4.88. The molecule has 0 spiro atoms. The molecule has 0 fully saturated rings. The molecule has 94 valence electrons. The van der Waals surface area contributed by atoms with E-state index in [0.29, 0.717) is 0 Å². The van der Waals surface area contributed by atoms with Gasteiger partial charge in [-0.15, -0.1) is 0 Å². The van der Waals surface area contributed by atoms with Crippen molar-refractivity contribution in [2.45, 2.75) is 6.92 Å². The first-order valence-corrected chi connectivity index (χ1v) is 5.64. The SMILES string of the molecule is Cc1c(Cl)[nH]c(=O)n(-c2cc(F)ccc2Cl)c1=O. The van der Waals surface area contributed by atoms with Crippen LogP contribution in [0.1, 0.15) is 5.56 Å². The molecule has 0 saturated heterocycles. The summed E-state index contributed by atoms with van der Waals surface area (Å²) in [6.07, 6.45) is 0. The molecule has 0 aliphatic carbocycles. The number of rotatable bonds is 1. The van der Waals surface area contributed by atoms with Gasteiger partial charge >= 0.3 is 5.69 Å². The molecule has 18 heavy (non-hydrogen) atoms. The molecule has 0 amide bonds. The first kappa shape index (κ1) is 12.9. The standard InChI is InChI=1S/C11H7Cl2FN2O2/c1-5-9(13)15-11(18)16(10(5)17)8-4-6(14)2-3-7(8)12/h2-4H,1H3,(H,15,18). The molecule has 0 saturated carbocycles. The van der Waals surface area contributed by atoms with Crippen molar-refractivity contribution in [3.05, 3.63) is 60.6 Å².